The van der Waals surface area contributed by atoms with Gasteiger partial charge < -0.3 is 10.4 Å². The molecule has 3 nitrogen and oxygen atoms in total. The molecule has 1 unspecified atom stereocenters. The van der Waals surface area contributed by atoms with Crippen molar-refractivity contribution in [2.24, 2.45) is 5.92 Å². The molecule has 1 aromatic heterocycles. The summed E-state index contributed by atoms with van der Waals surface area (Å²) in [6.07, 6.45) is 2.63. The lowest BCUT2D eigenvalue weighted by molar-refractivity contribution is 0.0915. The van der Waals surface area contributed by atoms with E-state index in [-0.39, 0.29) is 11.7 Å². The van der Waals surface area contributed by atoms with E-state index >= 15 is 0 Å². The van der Waals surface area contributed by atoms with Crippen molar-refractivity contribution < 1.29 is 4.79 Å². The number of hydrogen-bond acceptors (Lipinski definition) is 2. The average molecular weight is 206 g/mol. The van der Waals surface area contributed by atoms with Crippen molar-refractivity contribution in [2.75, 3.05) is 0 Å². The van der Waals surface area contributed by atoms with Gasteiger partial charge in [-0.15, -0.1) is 0 Å². The lowest BCUT2D eigenvalue weighted by atomic mass is 9.94. The van der Waals surface area contributed by atoms with Gasteiger partial charge in [-0.05, 0) is 44.5 Å². The Morgan fingerprint density at radius 2 is 2.27 bits per heavy atom. The van der Waals surface area contributed by atoms with E-state index in [4.69, 9.17) is 5.41 Å². The number of aromatic amines is 1. The minimum Gasteiger partial charge on any atom is -0.356 e. The topological polar surface area (TPSA) is 56.7 Å². The Kier molecular flexibility index (Phi) is 3.83. The van der Waals surface area contributed by atoms with Crippen LogP contribution in [-0.4, -0.2) is 17.0 Å². The van der Waals surface area contributed by atoms with Crippen LogP contribution in [0.4, 0.5) is 0 Å². The van der Waals surface area contributed by atoms with E-state index in [2.05, 4.69) is 4.98 Å². The van der Waals surface area contributed by atoms with Crippen LogP contribution in [-0.2, 0) is 0 Å². The highest BCUT2D eigenvalue weighted by Gasteiger charge is 2.20. The SMILES string of the molecule is CCC(CC=N)C(=O)c1[nH]c(C)cc1C. The molecule has 0 aliphatic heterocycles. The van der Waals surface area contributed by atoms with Gasteiger partial charge in [-0.2, -0.15) is 0 Å². The van der Waals surface area contributed by atoms with Crippen molar-refractivity contribution in [1.82, 2.24) is 4.98 Å². The second-order valence-corrected chi connectivity index (χ2v) is 3.92. The molecule has 1 heterocycles. The molecule has 1 aromatic rings. The molecule has 0 aliphatic carbocycles. The predicted molar refractivity (Wildman–Crippen MR) is 61.8 cm³/mol. The largest absolute Gasteiger partial charge is 0.356 e. The van der Waals surface area contributed by atoms with Crippen LogP contribution >= 0.6 is 0 Å². The quantitative estimate of drug-likeness (QED) is 0.565. The van der Waals surface area contributed by atoms with Crippen molar-refractivity contribution in [3.63, 3.8) is 0 Å². The zero-order valence-electron chi connectivity index (χ0n) is 9.55. The van der Waals surface area contributed by atoms with Crippen LogP contribution < -0.4 is 0 Å². The molecule has 1 atom stereocenters. The molecule has 1 rings (SSSR count). The summed E-state index contributed by atoms with van der Waals surface area (Å²) >= 11 is 0. The van der Waals surface area contributed by atoms with Gasteiger partial charge in [0.2, 0.25) is 0 Å². The van der Waals surface area contributed by atoms with E-state index in [1.54, 1.807) is 0 Å². The van der Waals surface area contributed by atoms with E-state index in [9.17, 15) is 4.79 Å². The molecule has 0 fully saturated rings. The monoisotopic (exact) mass is 206 g/mol. The van der Waals surface area contributed by atoms with Crippen molar-refractivity contribution in [3.05, 3.63) is 23.0 Å². The third-order valence-electron chi connectivity index (χ3n) is 2.66. The summed E-state index contributed by atoms with van der Waals surface area (Å²) in [6, 6.07) is 1.98. The molecule has 0 aliphatic rings. The highest BCUT2D eigenvalue weighted by atomic mass is 16.1. The van der Waals surface area contributed by atoms with Gasteiger partial charge in [-0.3, -0.25) is 4.79 Å². The number of rotatable bonds is 5. The number of Topliss-reactive ketones (excluding diaryl/α,β-unsaturated/α-hetero) is 1. The molecule has 0 radical (unpaired) electrons. The van der Waals surface area contributed by atoms with Crippen LogP contribution in [0.1, 0.15) is 41.5 Å². The molecule has 15 heavy (non-hydrogen) atoms. The number of aryl methyl sites for hydroxylation is 2. The highest BCUT2D eigenvalue weighted by molar-refractivity contribution is 5.98. The van der Waals surface area contributed by atoms with Gasteiger partial charge in [0.15, 0.2) is 5.78 Å². The first-order valence-electron chi connectivity index (χ1n) is 5.29. The normalized spacial score (nSPS) is 12.5. The number of nitrogens with one attached hydrogen (secondary N) is 2. The van der Waals surface area contributed by atoms with Crippen molar-refractivity contribution in [3.8, 4) is 0 Å². The van der Waals surface area contributed by atoms with Gasteiger partial charge >= 0.3 is 0 Å². The molecular formula is C12H18N2O. The van der Waals surface area contributed by atoms with E-state index in [1.165, 1.54) is 6.21 Å². The van der Waals surface area contributed by atoms with Crippen molar-refractivity contribution in [2.45, 2.75) is 33.6 Å². The molecule has 0 saturated heterocycles. The van der Waals surface area contributed by atoms with Crippen LogP contribution in [0.15, 0.2) is 6.07 Å². The molecule has 0 amide bonds. The second-order valence-electron chi connectivity index (χ2n) is 3.92. The second kappa shape index (κ2) is 4.91. The summed E-state index contributed by atoms with van der Waals surface area (Å²) in [5.74, 6) is 0.0749. The fraction of sp³-hybridized carbons (Fsp3) is 0.500. The van der Waals surface area contributed by atoms with Crippen LogP contribution in [0.25, 0.3) is 0 Å². The Balaban J connectivity index is 2.91. The zero-order chi connectivity index (χ0) is 11.4. The summed E-state index contributed by atoms with van der Waals surface area (Å²) in [4.78, 5) is 15.2. The predicted octanol–water partition coefficient (Wildman–Crippen LogP) is 2.88. The van der Waals surface area contributed by atoms with Crippen LogP contribution in [0, 0.1) is 25.2 Å². The number of carbonyl (C=O) groups excluding carboxylic acids is 1. The summed E-state index contributed by atoms with van der Waals surface area (Å²) in [6.45, 7) is 5.87. The van der Waals surface area contributed by atoms with Gasteiger partial charge in [0.05, 0.1) is 5.69 Å². The van der Waals surface area contributed by atoms with Crippen LogP contribution in [0.2, 0.25) is 0 Å². The standard InChI is InChI=1S/C12H18N2O/c1-4-10(5-6-13)12(15)11-8(2)7-9(3)14-11/h6-7,10,13-14H,4-5H2,1-3H3. The number of H-pyrrole nitrogens is 1. The lowest BCUT2D eigenvalue weighted by Crippen LogP contribution is -2.15. The summed E-state index contributed by atoms with van der Waals surface area (Å²) in [7, 11) is 0. The molecular weight excluding hydrogens is 188 g/mol. The average Bonchev–Trinajstić information content (AvgIpc) is 2.53. The Morgan fingerprint density at radius 1 is 1.60 bits per heavy atom. The number of ketones is 1. The highest BCUT2D eigenvalue weighted by Crippen LogP contribution is 2.18. The van der Waals surface area contributed by atoms with E-state index in [0.717, 1.165) is 17.7 Å². The van der Waals surface area contributed by atoms with Gasteiger partial charge in [-0.1, -0.05) is 6.92 Å². The molecule has 0 aromatic carbocycles. The first-order valence-corrected chi connectivity index (χ1v) is 5.29. The van der Waals surface area contributed by atoms with Crippen molar-refractivity contribution in [1.29, 1.82) is 5.41 Å². The zero-order valence-corrected chi connectivity index (χ0v) is 9.55. The third kappa shape index (κ3) is 2.55. The van der Waals surface area contributed by atoms with Gasteiger partial charge in [0.1, 0.15) is 0 Å². The number of hydrogen-bond donors (Lipinski definition) is 2. The van der Waals surface area contributed by atoms with E-state index in [1.807, 2.05) is 26.8 Å². The van der Waals surface area contributed by atoms with E-state index in [0.29, 0.717) is 12.1 Å². The Bertz CT molecular complexity index is 366. The summed E-state index contributed by atoms with van der Waals surface area (Å²) in [5, 5.41) is 7.06. The summed E-state index contributed by atoms with van der Waals surface area (Å²) in [5.41, 5.74) is 2.72. The van der Waals surface area contributed by atoms with Crippen LogP contribution in [0.5, 0.6) is 0 Å². The van der Waals surface area contributed by atoms with Gasteiger partial charge in [0.25, 0.3) is 0 Å². The Morgan fingerprint density at radius 3 is 2.67 bits per heavy atom. The molecule has 3 heteroatoms. The fourth-order valence-corrected chi connectivity index (χ4v) is 1.79. The minimum absolute atomic E-state index is 0.0563. The molecule has 0 saturated carbocycles. The molecule has 2 N–H and O–H groups in total. The lowest BCUT2D eigenvalue weighted by Gasteiger charge is -2.10. The minimum atomic E-state index is -0.0563. The maximum atomic E-state index is 12.1. The maximum absolute atomic E-state index is 12.1. The first kappa shape index (κ1) is 11.7. The van der Waals surface area contributed by atoms with Gasteiger partial charge in [0, 0.05) is 11.6 Å². The Labute approximate surface area is 90.4 Å². The summed E-state index contributed by atoms with van der Waals surface area (Å²) < 4.78 is 0. The van der Waals surface area contributed by atoms with Crippen molar-refractivity contribution >= 4 is 12.0 Å². The molecule has 0 bridgehead atoms. The first-order chi connectivity index (χ1) is 7.10. The molecule has 0 spiro atoms. The number of aromatic nitrogens is 1. The Hall–Kier alpha value is -1.38. The number of carbonyl (C=O) groups is 1. The maximum Gasteiger partial charge on any atom is 0.182 e. The van der Waals surface area contributed by atoms with Crippen LogP contribution in [0.3, 0.4) is 0 Å². The fourth-order valence-electron chi connectivity index (χ4n) is 1.79. The smallest absolute Gasteiger partial charge is 0.182 e. The van der Waals surface area contributed by atoms with E-state index < -0.39 is 0 Å². The third-order valence-corrected chi connectivity index (χ3v) is 2.66. The molecule has 82 valence electrons. The van der Waals surface area contributed by atoms with Gasteiger partial charge in [-0.25, -0.2) is 0 Å².